The minimum atomic E-state index is -0.432. The van der Waals surface area contributed by atoms with Crippen LogP contribution in [-0.2, 0) is 21.1 Å². The molecule has 0 aliphatic carbocycles. The van der Waals surface area contributed by atoms with Gasteiger partial charge in [0.15, 0.2) is 11.2 Å². The van der Waals surface area contributed by atoms with Crippen LogP contribution in [0.4, 0.5) is 5.95 Å². The maximum atomic E-state index is 12.5. The Balaban J connectivity index is 1.45. The summed E-state index contributed by atoms with van der Waals surface area (Å²) < 4.78 is 9.78. The van der Waals surface area contributed by atoms with Gasteiger partial charge in [-0.3, -0.25) is 13.9 Å². The zero-order valence-corrected chi connectivity index (χ0v) is 18.4. The smallest absolute Gasteiger partial charge is 0.332 e. The molecule has 0 aliphatic heterocycles. The molecule has 0 bridgehead atoms. The Kier molecular flexibility index (Phi) is 5.63. The Labute approximate surface area is 184 Å². The van der Waals surface area contributed by atoms with E-state index in [0.717, 1.165) is 21.4 Å². The number of nitrogens with one attached hydrogen (secondary N) is 1. The van der Waals surface area contributed by atoms with Gasteiger partial charge in [-0.1, -0.05) is 42.5 Å². The number of aryl methyl sites for hydroxylation is 2. The lowest BCUT2D eigenvalue weighted by Gasteiger charge is -2.08. The lowest BCUT2D eigenvalue weighted by atomic mass is 10.1. The number of nitrogens with zero attached hydrogens (tertiary/aromatic N) is 5. The number of hydrogen-bond donors (Lipinski definition) is 1. The fraction of sp³-hybridized carbons (Fsp3) is 0.217. The van der Waals surface area contributed by atoms with Gasteiger partial charge in [-0.25, -0.2) is 10.2 Å². The van der Waals surface area contributed by atoms with Crippen molar-refractivity contribution in [1.29, 1.82) is 0 Å². The molecular formula is C23H24N6O3. The molecule has 4 aromatic rings. The van der Waals surface area contributed by atoms with Gasteiger partial charge >= 0.3 is 5.69 Å². The van der Waals surface area contributed by atoms with E-state index in [1.54, 1.807) is 18.7 Å². The maximum absolute atomic E-state index is 12.5. The quantitative estimate of drug-likeness (QED) is 0.373. The topological polar surface area (TPSA) is 95.4 Å². The summed E-state index contributed by atoms with van der Waals surface area (Å²) in [7, 11) is 4.71. The first-order valence-electron chi connectivity index (χ1n) is 10.1. The number of aromatic nitrogens is 4. The summed E-state index contributed by atoms with van der Waals surface area (Å²) in [5.41, 5.74) is 5.59. The molecule has 0 spiro atoms. The minimum Gasteiger partial charge on any atom is -0.488 e. The van der Waals surface area contributed by atoms with Gasteiger partial charge in [-0.15, -0.1) is 0 Å². The average Bonchev–Trinajstić information content (AvgIpc) is 3.16. The van der Waals surface area contributed by atoms with Crippen molar-refractivity contribution in [2.75, 3.05) is 12.0 Å². The third kappa shape index (κ3) is 3.92. The maximum Gasteiger partial charge on any atom is 0.332 e. The molecule has 9 heteroatoms. The lowest BCUT2D eigenvalue weighted by Crippen LogP contribution is -2.37. The van der Waals surface area contributed by atoms with E-state index >= 15 is 0 Å². The van der Waals surface area contributed by atoms with Crippen molar-refractivity contribution in [2.45, 2.75) is 6.92 Å². The van der Waals surface area contributed by atoms with Crippen LogP contribution in [0.3, 0.4) is 0 Å². The van der Waals surface area contributed by atoms with Crippen LogP contribution in [0, 0.1) is 0 Å². The summed E-state index contributed by atoms with van der Waals surface area (Å²) in [5, 5.41) is 4.30. The minimum absolute atomic E-state index is 0.280. The van der Waals surface area contributed by atoms with E-state index in [9.17, 15) is 9.59 Å². The Morgan fingerprint density at radius 1 is 0.938 bits per heavy atom. The molecule has 1 N–H and O–H groups in total. The third-order valence-corrected chi connectivity index (χ3v) is 5.23. The SMILES string of the molecule is C/C(COc1ccc(-c2ccccc2)cc1)=N/Nc1nc2c(c(=O)n(C)c(=O)n2C)n1C. The second-order valence-corrected chi connectivity index (χ2v) is 7.51. The Bertz CT molecular complexity index is 1410. The normalized spacial score (nSPS) is 11.7. The fourth-order valence-electron chi connectivity index (χ4n) is 3.36. The number of rotatable bonds is 6. The molecule has 0 unspecified atom stereocenters. The zero-order valence-electron chi connectivity index (χ0n) is 18.4. The molecule has 9 nitrogen and oxygen atoms in total. The second kappa shape index (κ2) is 8.54. The summed E-state index contributed by atoms with van der Waals surface area (Å²) in [4.78, 5) is 28.9. The Morgan fingerprint density at radius 2 is 1.59 bits per heavy atom. The van der Waals surface area contributed by atoms with Gasteiger partial charge in [0.25, 0.3) is 5.56 Å². The van der Waals surface area contributed by atoms with Crippen LogP contribution in [0.5, 0.6) is 5.75 Å². The highest BCUT2D eigenvalue weighted by atomic mass is 16.5. The molecule has 2 heterocycles. The Morgan fingerprint density at radius 3 is 2.28 bits per heavy atom. The summed E-state index contributed by atoms with van der Waals surface area (Å²) in [6.07, 6.45) is 0. The van der Waals surface area contributed by atoms with Crippen molar-refractivity contribution in [3.05, 3.63) is 75.4 Å². The lowest BCUT2D eigenvalue weighted by molar-refractivity contribution is 0.376. The number of hydrazone groups is 1. The van der Waals surface area contributed by atoms with Crippen molar-refractivity contribution in [2.24, 2.45) is 26.2 Å². The predicted octanol–water partition coefficient (Wildman–Crippen LogP) is 2.50. The molecule has 164 valence electrons. The second-order valence-electron chi connectivity index (χ2n) is 7.51. The van der Waals surface area contributed by atoms with E-state index in [-0.39, 0.29) is 6.61 Å². The number of imidazole rings is 1. The number of anilines is 1. The first kappa shape index (κ1) is 21.1. The van der Waals surface area contributed by atoms with Gasteiger partial charge in [-0.2, -0.15) is 10.1 Å². The first-order valence-corrected chi connectivity index (χ1v) is 10.1. The molecule has 0 aliphatic rings. The molecule has 0 saturated heterocycles. The average molecular weight is 432 g/mol. The van der Waals surface area contributed by atoms with E-state index < -0.39 is 11.2 Å². The van der Waals surface area contributed by atoms with Gasteiger partial charge in [-0.05, 0) is 30.2 Å². The summed E-state index contributed by atoms with van der Waals surface area (Å²) >= 11 is 0. The highest BCUT2D eigenvalue weighted by molar-refractivity contribution is 5.84. The van der Waals surface area contributed by atoms with E-state index in [2.05, 4.69) is 27.6 Å². The summed E-state index contributed by atoms with van der Waals surface area (Å²) in [6.45, 7) is 2.10. The molecule has 0 amide bonds. The van der Waals surface area contributed by atoms with E-state index in [4.69, 9.17) is 4.74 Å². The van der Waals surface area contributed by atoms with Gasteiger partial charge in [0.05, 0.1) is 5.71 Å². The van der Waals surface area contributed by atoms with Crippen molar-refractivity contribution in [3.8, 4) is 16.9 Å². The van der Waals surface area contributed by atoms with E-state index in [1.165, 1.54) is 11.6 Å². The predicted molar refractivity (Wildman–Crippen MR) is 125 cm³/mol. The first-order chi connectivity index (χ1) is 15.4. The van der Waals surface area contributed by atoms with E-state index in [0.29, 0.717) is 22.8 Å². The molecular weight excluding hydrogens is 408 g/mol. The standard InChI is InChI=1S/C23H24N6O3/c1-15(14-32-18-12-10-17(11-13-18)16-8-6-5-7-9-16)25-26-22-24-20-19(27(22)2)21(30)29(4)23(31)28(20)3/h5-13H,14H2,1-4H3,(H,24,26)/b25-15-. The highest BCUT2D eigenvalue weighted by Gasteiger charge is 2.16. The van der Waals surface area contributed by atoms with Crippen LogP contribution in [0.15, 0.2) is 69.3 Å². The number of ether oxygens (including phenoxy) is 1. The van der Waals surface area contributed by atoms with Crippen LogP contribution < -0.4 is 21.4 Å². The molecule has 0 saturated carbocycles. The number of fused-ring (bicyclic) bond motifs is 1. The third-order valence-electron chi connectivity index (χ3n) is 5.23. The van der Waals surface area contributed by atoms with Gasteiger partial charge in [0.1, 0.15) is 12.4 Å². The van der Waals surface area contributed by atoms with Gasteiger partial charge < -0.3 is 9.30 Å². The van der Waals surface area contributed by atoms with Crippen molar-refractivity contribution < 1.29 is 4.74 Å². The number of hydrogen-bond acceptors (Lipinski definition) is 6. The highest BCUT2D eigenvalue weighted by Crippen LogP contribution is 2.22. The van der Waals surface area contributed by atoms with Gasteiger partial charge in [0.2, 0.25) is 5.95 Å². The van der Waals surface area contributed by atoms with Crippen LogP contribution >= 0.6 is 0 Å². The monoisotopic (exact) mass is 432 g/mol. The molecule has 0 fully saturated rings. The molecule has 4 rings (SSSR count). The van der Waals surface area contributed by atoms with Crippen molar-refractivity contribution in [1.82, 2.24) is 18.7 Å². The van der Waals surface area contributed by atoms with Crippen molar-refractivity contribution in [3.63, 3.8) is 0 Å². The summed E-state index contributed by atoms with van der Waals surface area (Å²) in [5.74, 6) is 1.09. The molecule has 2 aromatic heterocycles. The fourth-order valence-corrected chi connectivity index (χ4v) is 3.36. The van der Waals surface area contributed by atoms with Gasteiger partial charge in [0, 0.05) is 21.1 Å². The summed E-state index contributed by atoms with van der Waals surface area (Å²) in [6, 6.07) is 18.0. The van der Waals surface area contributed by atoms with Crippen LogP contribution in [-0.4, -0.2) is 31.0 Å². The molecule has 0 atom stereocenters. The van der Waals surface area contributed by atoms with Crippen LogP contribution in [0.1, 0.15) is 6.92 Å². The van der Waals surface area contributed by atoms with Crippen LogP contribution in [0.25, 0.3) is 22.3 Å². The molecule has 0 radical (unpaired) electrons. The van der Waals surface area contributed by atoms with E-state index in [1.807, 2.05) is 49.4 Å². The van der Waals surface area contributed by atoms with Crippen LogP contribution in [0.2, 0.25) is 0 Å². The molecule has 32 heavy (non-hydrogen) atoms. The number of benzene rings is 2. The Hall–Kier alpha value is -4.14. The molecule has 2 aromatic carbocycles. The zero-order chi connectivity index (χ0) is 22.8. The largest absolute Gasteiger partial charge is 0.488 e. The van der Waals surface area contributed by atoms with Crippen molar-refractivity contribution >= 4 is 22.8 Å².